The zero-order valence-electron chi connectivity index (χ0n) is 14.1. The van der Waals surface area contributed by atoms with Gasteiger partial charge in [-0.1, -0.05) is 13.8 Å². The molecule has 0 aromatic carbocycles. The van der Waals surface area contributed by atoms with Crippen molar-refractivity contribution in [3.63, 3.8) is 0 Å². The average molecular weight is 339 g/mol. The molecule has 1 aliphatic heterocycles. The van der Waals surface area contributed by atoms with Crippen molar-refractivity contribution in [1.82, 2.24) is 5.32 Å². The molecule has 0 fully saturated rings. The average Bonchev–Trinajstić information content (AvgIpc) is 2.73. The fraction of sp³-hybridized carbons (Fsp3) is 0.625. The van der Waals surface area contributed by atoms with Crippen LogP contribution in [0.4, 0.5) is 9.80 Å². The van der Waals surface area contributed by atoms with Crippen molar-refractivity contribution < 1.29 is 14.3 Å². The molecule has 0 spiro atoms. The summed E-state index contributed by atoms with van der Waals surface area (Å²) in [6.07, 6.45) is 1.51. The highest BCUT2D eigenvalue weighted by Crippen LogP contribution is 2.40. The van der Waals surface area contributed by atoms with Crippen LogP contribution in [0.5, 0.6) is 0 Å². The SMILES string of the molecule is CC(C)CCNC(=O)Nc1sc2c(c1C(N)=O)CC(C)(C)OC2. The van der Waals surface area contributed by atoms with Gasteiger partial charge in [-0.3, -0.25) is 10.1 Å². The third-order valence-corrected chi connectivity index (χ3v) is 4.89. The maximum atomic E-state index is 12.0. The lowest BCUT2D eigenvalue weighted by molar-refractivity contribution is -0.0383. The normalized spacial score (nSPS) is 16.0. The Kier molecular flexibility index (Phi) is 5.31. The van der Waals surface area contributed by atoms with Crippen LogP contribution in [0.25, 0.3) is 0 Å². The summed E-state index contributed by atoms with van der Waals surface area (Å²) >= 11 is 1.36. The first-order chi connectivity index (χ1) is 10.7. The fourth-order valence-electron chi connectivity index (χ4n) is 2.52. The first kappa shape index (κ1) is 17.7. The van der Waals surface area contributed by atoms with Gasteiger partial charge in [0.2, 0.25) is 0 Å². The maximum absolute atomic E-state index is 12.0. The lowest BCUT2D eigenvalue weighted by Gasteiger charge is -2.30. The second-order valence-corrected chi connectivity index (χ2v) is 7.97. The Morgan fingerprint density at radius 3 is 2.70 bits per heavy atom. The molecule has 7 heteroatoms. The van der Waals surface area contributed by atoms with Crippen molar-refractivity contribution >= 4 is 28.3 Å². The zero-order chi connectivity index (χ0) is 17.2. The van der Waals surface area contributed by atoms with Crippen molar-refractivity contribution in [1.29, 1.82) is 0 Å². The van der Waals surface area contributed by atoms with Gasteiger partial charge in [-0.05, 0) is 31.7 Å². The minimum Gasteiger partial charge on any atom is -0.370 e. The summed E-state index contributed by atoms with van der Waals surface area (Å²) in [5, 5.41) is 6.07. The van der Waals surface area contributed by atoms with Crippen LogP contribution in [0.3, 0.4) is 0 Å². The van der Waals surface area contributed by atoms with Gasteiger partial charge in [0.05, 0.1) is 17.8 Å². The van der Waals surface area contributed by atoms with Crippen LogP contribution < -0.4 is 16.4 Å². The predicted molar refractivity (Wildman–Crippen MR) is 91.9 cm³/mol. The Labute approximate surface area is 140 Å². The molecule has 2 rings (SSSR count). The first-order valence-electron chi connectivity index (χ1n) is 7.83. The van der Waals surface area contributed by atoms with Gasteiger partial charge in [-0.2, -0.15) is 0 Å². The summed E-state index contributed by atoms with van der Waals surface area (Å²) in [6.45, 7) is 9.18. The molecular weight excluding hydrogens is 314 g/mol. The molecule has 2 heterocycles. The number of nitrogens with two attached hydrogens (primary N) is 1. The zero-order valence-corrected chi connectivity index (χ0v) is 14.9. The van der Waals surface area contributed by atoms with E-state index in [4.69, 9.17) is 10.5 Å². The van der Waals surface area contributed by atoms with E-state index in [0.29, 0.717) is 36.1 Å². The molecular formula is C16H25N3O3S. The number of primary amides is 1. The number of carbonyl (C=O) groups excluding carboxylic acids is 2. The van der Waals surface area contributed by atoms with E-state index in [-0.39, 0.29) is 11.6 Å². The van der Waals surface area contributed by atoms with Crippen LogP contribution in [0.1, 0.15) is 54.9 Å². The number of hydrogen-bond donors (Lipinski definition) is 3. The number of urea groups is 1. The molecule has 0 bridgehead atoms. The van der Waals surface area contributed by atoms with Gasteiger partial charge in [0.25, 0.3) is 5.91 Å². The van der Waals surface area contributed by atoms with Crippen molar-refractivity contribution in [3.05, 3.63) is 16.0 Å². The quantitative estimate of drug-likeness (QED) is 0.770. The van der Waals surface area contributed by atoms with Gasteiger partial charge < -0.3 is 15.8 Å². The first-order valence-corrected chi connectivity index (χ1v) is 8.64. The van der Waals surface area contributed by atoms with E-state index in [1.54, 1.807) is 0 Å². The summed E-state index contributed by atoms with van der Waals surface area (Å²) in [6, 6.07) is -0.313. The standard InChI is InChI=1S/C16H25N3O3S/c1-9(2)5-6-18-15(21)19-14-12(13(17)20)10-7-16(3,4)22-8-11(10)23-14/h9H,5-8H2,1-4H3,(H2,17,20)(H2,18,19,21). The molecule has 0 saturated carbocycles. The molecule has 0 radical (unpaired) electrons. The van der Waals surface area contributed by atoms with Crippen molar-refractivity contribution in [2.45, 2.75) is 52.7 Å². The predicted octanol–water partition coefficient (Wildman–Crippen LogP) is 2.87. The number of amides is 3. The molecule has 1 aromatic heterocycles. The summed E-state index contributed by atoms with van der Waals surface area (Å²) < 4.78 is 5.77. The summed E-state index contributed by atoms with van der Waals surface area (Å²) in [5.41, 5.74) is 6.52. The fourth-order valence-corrected chi connectivity index (χ4v) is 3.66. The number of rotatable bonds is 5. The molecule has 3 amide bonds. The lowest BCUT2D eigenvalue weighted by atomic mass is 9.93. The second kappa shape index (κ2) is 6.88. The smallest absolute Gasteiger partial charge is 0.319 e. The molecule has 1 aliphatic rings. The second-order valence-electron chi connectivity index (χ2n) is 6.86. The molecule has 128 valence electrons. The van der Waals surface area contributed by atoms with Crippen LogP contribution in [0.2, 0.25) is 0 Å². The van der Waals surface area contributed by atoms with Crippen LogP contribution >= 0.6 is 11.3 Å². The van der Waals surface area contributed by atoms with Gasteiger partial charge >= 0.3 is 6.03 Å². The van der Waals surface area contributed by atoms with E-state index >= 15 is 0 Å². The molecule has 4 N–H and O–H groups in total. The Bertz CT molecular complexity index is 608. The Morgan fingerprint density at radius 1 is 1.39 bits per heavy atom. The molecule has 6 nitrogen and oxygen atoms in total. The van der Waals surface area contributed by atoms with Crippen molar-refractivity contribution in [2.75, 3.05) is 11.9 Å². The Hall–Kier alpha value is -1.60. The minimum atomic E-state index is -0.516. The van der Waals surface area contributed by atoms with E-state index < -0.39 is 5.91 Å². The number of fused-ring (bicyclic) bond motifs is 1. The Morgan fingerprint density at radius 2 is 2.09 bits per heavy atom. The van der Waals surface area contributed by atoms with Crippen LogP contribution in [0.15, 0.2) is 0 Å². The lowest BCUT2D eigenvalue weighted by Crippen LogP contribution is -2.33. The molecule has 23 heavy (non-hydrogen) atoms. The highest BCUT2D eigenvalue weighted by Gasteiger charge is 2.33. The maximum Gasteiger partial charge on any atom is 0.319 e. The number of hydrogen-bond acceptors (Lipinski definition) is 4. The summed E-state index contributed by atoms with van der Waals surface area (Å²) in [7, 11) is 0. The third kappa shape index (κ3) is 4.45. The topological polar surface area (TPSA) is 93.5 Å². The summed E-state index contributed by atoms with van der Waals surface area (Å²) in [5.74, 6) is 0.00240. The van der Waals surface area contributed by atoms with Gasteiger partial charge in [0.15, 0.2) is 0 Å². The molecule has 0 saturated heterocycles. The highest BCUT2D eigenvalue weighted by molar-refractivity contribution is 7.17. The number of nitrogens with one attached hydrogen (secondary N) is 2. The number of ether oxygens (including phenoxy) is 1. The summed E-state index contributed by atoms with van der Waals surface area (Å²) in [4.78, 5) is 24.8. The van der Waals surface area contributed by atoms with E-state index in [0.717, 1.165) is 16.9 Å². The number of carbonyl (C=O) groups is 2. The van der Waals surface area contributed by atoms with Crippen molar-refractivity contribution in [3.8, 4) is 0 Å². The van der Waals surface area contributed by atoms with Crippen LogP contribution in [0, 0.1) is 5.92 Å². The monoisotopic (exact) mass is 339 g/mol. The number of anilines is 1. The van der Waals surface area contributed by atoms with Crippen LogP contribution in [-0.4, -0.2) is 24.1 Å². The van der Waals surface area contributed by atoms with E-state index in [2.05, 4.69) is 24.5 Å². The number of thiophene rings is 1. The Balaban J connectivity index is 2.15. The van der Waals surface area contributed by atoms with E-state index in [1.165, 1.54) is 11.3 Å². The van der Waals surface area contributed by atoms with Gasteiger partial charge in [0, 0.05) is 17.8 Å². The molecule has 0 aliphatic carbocycles. The van der Waals surface area contributed by atoms with Gasteiger partial charge in [-0.15, -0.1) is 11.3 Å². The molecule has 0 unspecified atom stereocenters. The largest absolute Gasteiger partial charge is 0.370 e. The molecule has 0 atom stereocenters. The highest BCUT2D eigenvalue weighted by atomic mass is 32.1. The van der Waals surface area contributed by atoms with E-state index in [1.807, 2.05) is 13.8 Å². The molecule has 1 aromatic rings. The van der Waals surface area contributed by atoms with E-state index in [9.17, 15) is 9.59 Å². The van der Waals surface area contributed by atoms with Gasteiger partial charge in [-0.25, -0.2) is 4.79 Å². The third-order valence-electron chi connectivity index (χ3n) is 3.77. The minimum absolute atomic E-state index is 0.313. The van der Waals surface area contributed by atoms with Crippen molar-refractivity contribution in [2.24, 2.45) is 11.7 Å². The van der Waals surface area contributed by atoms with Crippen LogP contribution in [-0.2, 0) is 17.8 Å². The van der Waals surface area contributed by atoms with Gasteiger partial charge in [0.1, 0.15) is 5.00 Å².